The van der Waals surface area contributed by atoms with E-state index in [-0.39, 0.29) is 17.3 Å². The number of nitrogens with zero attached hydrogens (tertiary/aromatic N) is 3. The summed E-state index contributed by atoms with van der Waals surface area (Å²) in [6.07, 6.45) is 0. The Hall–Kier alpha value is -3.87. The quantitative estimate of drug-likeness (QED) is 0.546. The van der Waals surface area contributed by atoms with Gasteiger partial charge in [-0.05, 0) is 55.0 Å². The standard InChI is InChI=1S/C22H16F2N4O/c1-14-6-2-5-9-19(14)28-21(15-10-12-16(23)13-11-15)26-20(27-28)22(29)25-18-8-4-3-7-17(18)24/h2-13H,1H3,(H,25,29). The van der Waals surface area contributed by atoms with Gasteiger partial charge in [-0.25, -0.2) is 18.4 Å². The Labute approximate surface area is 165 Å². The summed E-state index contributed by atoms with van der Waals surface area (Å²) < 4.78 is 28.8. The van der Waals surface area contributed by atoms with Gasteiger partial charge >= 0.3 is 0 Å². The van der Waals surface area contributed by atoms with Crippen LogP contribution in [0.3, 0.4) is 0 Å². The lowest BCUT2D eigenvalue weighted by Gasteiger charge is -2.08. The van der Waals surface area contributed by atoms with Crippen molar-refractivity contribution in [1.29, 1.82) is 0 Å². The van der Waals surface area contributed by atoms with Crippen LogP contribution in [0.2, 0.25) is 0 Å². The number of aromatic nitrogens is 3. The second kappa shape index (κ2) is 7.63. The monoisotopic (exact) mass is 390 g/mol. The van der Waals surface area contributed by atoms with Gasteiger partial charge in [-0.3, -0.25) is 4.79 Å². The third-order valence-electron chi connectivity index (χ3n) is 4.38. The lowest BCUT2D eigenvalue weighted by Crippen LogP contribution is -2.15. The molecule has 0 bridgehead atoms. The number of amides is 1. The van der Waals surface area contributed by atoms with E-state index in [0.717, 1.165) is 11.3 Å². The predicted octanol–water partition coefficient (Wildman–Crippen LogP) is 4.77. The number of nitrogens with one attached hydrogen (secondary N) is 1. The molecule has 0 fully saturated rings. The van der Waals surface area contributed by atoms with Gasteiger partial charge < -0.3 is 5.32 Å². The first-order chi connectivity index (χ1) is 14.0. The van der Waals surface area contributed by atoms with Gasteiger partial charge in [0.05, 0.1) is 11.4 Å². The van der Waals surface area contributed by atoms with Crippen molar-refractivity contribution >= 4 is 11.6 Å². The zero-order valence-electron chi connectivity index (χ0n) is 15.4. The molecule has 0 aliphatic rings. The molecular weight excluding hydrogens is 374 g/mol. The maximum absolute atomic E-state index is 13.9. The van der Waals surface area contributed by atoms with Gasteiger partial charge in [0.1, 0.15) is 11.6 Å². The first-order valence-electron chi connectivity index (χ1n) is 8.88. The number of para-hydroxylation sites is 2. The lowest BCUT2D eigenvalue weighted by atomic mass is 10.1. The Kier molecular flexibility index (Phi) is 4.87. The topological polar surface area (TPSA) is 59.8 Å². The summed E-state index contributed by atoms with van der Waals surface area (Å²) in [6, 6.07) is 19.1. The van der Waals surface area contributed by atoms with Gasteiger partial charge in [-0.2, -0.15) is 0 Å². The van der Waals surface area contributed by atoms with Crippen LogP contribution in [0.25, 0.3) is 17.1 Å². The zero-order chi connectivity index (χ0) is 20.4. The maximum atomic E-state index is 13.9. The van der Waals surface area contributed by atoms with Crippen molar-refractivity contribution in [3.05, 3.63) is 95.8 Å². The highest BCUT2D eigenvalue weighted by molar-refractivity contribution is 6.01. The van der Waals surface area contributed by atoms with E-state index in [1.54, 1.807) is 18.2 Å². The van der Waals surface area contributed by atoms with Crippen molar-refractivity contribution in [2.24, 2.45) is 0 Å². The average Bonchev–Trinajstić information content (AvgIpc) is 3.16. The third kappa shape index (κ3) is 3.75. The van der Waals surface area contributed by atoms with Gasteiger partial charge in [0.15, 0.2) is 5.82 Å². The van der Waals surface area contributed by atoms with Crippen LogP contribution in [0.1, 0.15) is 16.2 Å². The summed E-state index contributed by atoms with van der Waals surface area (Å²) >= 11 is 0. The molecule has 1 aromatic heterocycles. The normalized spacial score (nSPS) is 10.7. The molecule has 1 amide bonds. The molecule has 1 heterocycles. The number of anilines is 1. The van der Waals surface area contributed by atoms with E-state index in [1.165, 1.54) is 35.0 Å². The minimum atomic E-state index is -0.647. The molecule has 7 heteroatoms. The summed E-state index contributed by atoms with van der Waals surface area (Å²) in [7, 11) is 0. The number of carbonyl (C=O) groups is 1. The van der Waals surface area contributed by atoms with Crippen LogP contribution in [0.4, 0.5) is 14.5 Å². The molecule has 0 radical (unpaired) electrons. The highest BCUT2D eigenvalue weighted by Crippen LogP contribution is 2.24. The summed E-state index contributed by atoms with van der Waals surface area (Å²) in [5, 5.41) is 6.82. The predicted molar refractivity (Wildman–Crippen MR) is 106 cm³/mol. The van der Waals surface area contributed by atoms with E-state index < -0.39 is 11.7 Å². The first-order valence-corrected chi connectivity index (χ1v) is 8.88. The van der Waals surface area contributed by atoms with E-state index in [9.17, 15) is 13.6 Å². The van der Waals surface area contributed by atoms with Crippen molar-refractivity contribution < 1.29 is 13.6 Å². The summed E-state index contributed by atoms with van der Waals surface area (Å²) in [6.45, 7) is 1.91. The highest BCUT2D eigenvalue weighted by atomic mass is 19.1. The second-order valence-electron chi connectivity index (χ2n) is 6.40. The fraction of sp³-hybridized carbons (Fsp3) is 0.0455. The zero-order valence-corrected chi connectivity index (χ0v) is 15.4. The van der Waals surface area contributed by atoms with Gasteiger partial charge in [-0.15, -0.1) is 5.10 Å². The van der Waals surface area contributed by atoms with Crippen LogP contribution in [0, 0.1) is 18.6 Å². The SMILES string of the molecule is Cc1ccccc1-n1nc(C(=O)Nc2ccccc2F)nc1-c1ccc(F)cc1. The minimum Gasteiger partial charge on any atom is -0.317 e. The molecule has 0 saturated carbocycles. The number of hydrogen-bond donors (Lipinski definition) is 1. The molecule has 0 aliphatic heterocycles. The summed E-state index contributed by atoms with van der Waals surface area (Å²) in [5.41, 5.74) is 2.27. The van der Waals surface area contributed by atoms with Gasteiger partial charge in [0.2, 0.25) is 5.82 Å². The molecule has 29 heavy (non-hydrogen) atoms. The molecule has 1 N–H and O–H groups in total. The van der Waals surface area contributed by atoms with Crippen molar-refractivity contribution in [3.8, 4) is 17.1 Å². The smallest absolute Gasteiger partial charge is 0.295 e. The fourth-order valence-electron chi connectivity index (χ4n) is 2.90. The summed E-state index contributed by atoms with van der Waals surface area (Å²) in [5.74, 6) is -1.34. The van der Waals surface area contributed by atoms with Crippen LogP contribution in [-0.2, 0) is 0 Å². The van der Waals surface area contributed by atoms with E-state index in [4.69, 9.17) is 0 Å². The Morgan fingerprint density at radius 3 is 2.34 bits per heavy atom. The number of rotatable bonds is 4. The largest absolute Gasteiger partial charge is 0.317 e. The average molecular weight is 390 g/mol. The van der Waals surface area contributed by atoms with Crippen molar-refractivity contribution in [3.63, 3.8) is 0 Å². The molecule has 0 spiro atoms. The van der Waals surface area contributed by atoms with Crippen LogP contribution in [0.5, 0.6) is 0 Å². The van der Waals surface area contributed by atoms with Crippen LogP contribution >= 0.6 is 0 Å². The molecule has 5 nitrogen and oxygen atoms in total. The van der Waals surface area contributed by atoms with Crippen LogP contribution in [-0.4, -0.2) is 20.7 Å². The molecule has 4 rings (SSSR count). The maximum Gasteiger partial charge on any atom is 0.295 e. The van der Waals surface area contributed by atoms with Crippen molar-refractivity contribution in [1.82, 2.24) is 14.8 Å². The molecule has 4 aromatic rings. The Balaban J connectivity index is 1.79. The number of aryl methyl sites for hydroxylation is 1. The van der Waals surface area contributed by atoms with E-state index >= 15 is 0 Å². The van der Waals surface area contributed by atoms with E-state index in [2.05, 4.69) is 15.4 Å². The number of halogens is 2. The van der Waals surface area contributed by atoms with Crippen LogP contribution in [0.15, 0.2) is 72.8 Å². The first kappa shape index (κ1) is 18.5. The molecular formula is C22H16F2N4O. The van der Waals surface area contributed by atoms with Crippen molar-refractivity contribution in [2.75, 3.05) is 5.32 Å². The highest BCUT2D eigenvalue weighted by Gasteiger charge is 2.20. The molecule has 0 saturated heterocycles. The van der Waals surface area contributed by atoms with Gasteiger partial charge in [0.25, 0.3) is 5.91 Å². The second-order valence-corrected chi connectivity index (χ2v) is 6.40. The van der Waals surface area contributed by atoms with Gasteiger partial charge in [-0.1, -0.05) is 30.3 Å². The Morgan fingerprint density at radius 1 is 0.931 bits per heavy atom. The van der Waals surface area contributed by atoms with E-state index in [1.807, 2.05) is 31.2 Å². The molecule has 144 valence electrons. The third-order valence-corrected chi connectivity index (χ3v) is 4.38. The Bertz CT molecular complexity index is 1190. The molecule has 0 atom stereocenters. The van der Waals surface area contributed by atoms with Crippen molar-refractivity contribution in [2.45, 2.75) is 6.92 Å². The Morgan fingerprint density at radius 2 is 1.62 bits per heavy atom. The number of hydrogen-bond acceptors (Lipinski definition) is 3. The number of benzene rings is 3. The lowest BCUT2D eigenvalue weighted by molar-refractivity contribution is 0.101. The van der Waals surface area contributed by atoms with E-state index in [0.29, 0.717) is 11.4 Å². The summed E-state index contributed by atoms with van der Waals surface area (Å²) in [4.78, 5) is 17.0. The fourth-order valence-corrected chi connectivity index (χ4v) is 2.90. The molecule has 0 unspecified atom stereocenters. The van der Waals surface area contributed by atoms with Gasteiger partial charge in [0, 0.05) is 5.56 Å². The minimum absolute atomic E-state index is 0.0353. The molecule has 0 aliphatic carbocycles. The number of carbonyl (C=O) groups excluding carboxylic acids is 1. The molecule has 3 aromatic carbocycles. The van der Waals surface area contributed by atoms with Crippen LogP contribution < -0.4 is 5.32 Å².